The average Bonchev–Trinajstić information content (AvgIpc) is 1.98. The van der Waals surface area contributed by atoms with Gasteiger partial charge in [0, 0.05) is 9.93 Å². The van der Waals surface area contributed by atoms with Crippen molar-refractivity contribution in [2.75, 3.05) is 0 Å². The van der Waals surface area contributed by atoms with Gasteiger partial charge in [-0.15, -0.1) is 0 Å². The zero-order valence-corrected chi connectivity index (χ0v) is 6.15. The summed E-state index contributed by atoms with van der Waals surface area (Å²) in [6.07, 6.45) is 0. The molecular weight excluding hydrogens is 166 g/mol. The predicted octanol–water partition coefficient (Wildman–Crippen LogP) is 2.99. The Labute approximate surface area is 67.7 Å². The highest BCUT2D eigenvalue weighted by atomic mass is 35.5. The number of hydrogen-bond acceptors (Lipinski definition) is 2. The molecule has 0 fully saturated rings. The van der Waals surface area contributed by atoms with Gasteiger partial charge in [-0.1, -0.05) is 16.7 Å². The van der Waals surface area contributed by atoms with Gasteiger partial charge in [0.1, 0.15) is 5.75 Å². The molecule has 0 aliphatic carbocycles. The highest BCUT2D eigenvalue weighted by Crippen LogP contribution is 2.28. The molecule has 1 aromatic rings. The summed E-state index contributed by atoms with van der Waals surface area (Å²) in [5.74, 6) is -0.0767. The number of phenolic OH excluding ortho intramolecular Hbond substituents is 1. The van der Waals surface area contributed by atoms with E-state index in [1.165, 1.54) is 18.2 Å². The van der Waals surface area contributed by atoms with Gasteiger partial charge in [-0.2, -0.15) is 0 Å². The number of hydrogen-bond donors (Lipinski definition) is 1. The summed E-state index contributed by atoms with van der Waals surface area (Å²) < 4.78 is 0. The molecule has 11 heavy (non-hydrogen) atoms. The third kappa shape index (κ3) is 1.77. The van der Waals surface area contributed by atoms with Crippen LogP contribution < -0.4 is 0 Å². The largest absolute Gasteiger partial charge is 0.507 e. The molecule has 4 nitrogen and oxygen atoms in total. The van der Waals surface area contributed by atoms with Gasteiger partial charge in [0.15, 0.2) is 0 Å². The molecule has 0 bridgehead atoms. The monoisotopic (exact) mass is 169 g/mol. The Morgan fingerprint density at radius 1 is 1.55 bits per heavy atom. The van der Waals surface area contributed by atoms with E-state index in [0.29, 0.717) is 5.02 Å². The smallest absolute Gasteiger partial charge is 0.125 e. The first-order chi connectivity index (χ1) is 5.24. The summed E-state index contributed by atoms with van der Waals surface area (Å²) in [6.45, 7) is 0. The second kappa shape index (κ2) is 3.14. The number of nitrogens with zero attached hydrogens (tertiary/aromatic N) is 3. The lowest BCUT2D eigenvalue weighted by molar-refractivity contribution is 0.477. The van der Waals surface area contributed by atoms with Crippen molar-refractivity contribution in [2.45, 2.75) is 0 Å². The van der Waals surface area contributed by atoms with Crippen molar-refractivity contribution in [3.8, 4) is 5.75 Å². The molecule has 0 atom stereocenters. The van der Waals surface area contributed by atoms with Crippen molar-refractivity contribution >= 4 is 17.3 Å². The van der Waals surface area contributed by atoms with Gasteiger partial charge in [0.05, 0.1) is 5.69 Å². The Morgan fingerprint density at radius 3 is 2.91 bits per heavy atom. The fraction of sp³-hybridized carbons (Fsp3) is 0. The molecule has 0 aromatic heterocycles. The van der Waals surface area contributed by atoms with Crippen LogP contribution in [0.25, 0.3) is 10.4 Å². The third-order valence-corrected chi connectivity index (χ3v) is 1.33. The Hall–Kier alpha value is -1.38. The van der Waals surface area contributed by atoms with Gasteiger partial charge in [-0.3, -0.25) is 0 Å². The third-order valence-electron chi connectivity index (χ3n) is 1.09. The van der Waals surface area contributed by atoms with Gasteiger partial charge in [-0.05, 0) is 23.7 Å². The Balaban J connectivity index is 3.22. The van der Waals surface area contributed by atoms with Gasteiger partial charge >= 0.3 is 0 Å². The summed E-state index contributed by atoms with van der Waals surface area (Å²) in [4.78, 5) is 2.51. The van der Waals surface area contributed by atoms with Crippen molar-refractivity contribution in [1.29, 1.82) is 0 Å². The van der Waals surface area contributed by atoms with Crippen LogP contribution in [0.15, 0.2) is 23.3 Å². The lowest BCUT2D eigenvalue weighted by Crippen LogP contribution is -1.66. The number of rotatable bonds is 1. The van der Waals surface area contributed by atoms with Gasteiger partial charge in [0.2, 0.25) is 0 Å². The minimum Gasteiger partial charge on any atom is -0.507 e. The maximum Gasteiger partial charge on any atom is 0.125 e. The lowest BCUT2D eigenvalue weighted by atomic mass is 10.3. The quantitative estimate of drug-likeness (QED) is 0.392. The molecule has 1 N–H and O–H groups in total. The van der Waals surface area contributed by atoms with E-state index < -0.39 is 0 Å². The summed E-state index contributed by atoms with van der Waals surface area (Å²) in [5.41, 5.74) is 8.18. The molecule has 0 aliphatic heterocycles. The predicted molar refractivity (Wildman–Crippen MR) is 41.9 cm³/mol. The summed E-state index contributed by atoms with van der Waals surface area (Å²) in [6, 6.07) is 4.26. The molecule has 0 radical (unpaired) electrons. The van der Waals surface area contributed by atoms with Crippen molar-refractivity contribution < 1.29 is 5.11 Å². The average molecular weight is 170 g/mol. The van der Waals surface area contributed by atoms with E-state index in [1.54, 1.807) is 0 Å². The minimum atomic E-state index is -0.0767. The standard InChI is InChI=1S/C6H4ClN3O/c7-4-1-2-6(11)5(3-4)9-10-8/h1-3,11H. The van der Waals surface area contributed by atoms with E-state index in [2.05, 4.69) is 10.0 Å². The topological polar surface area (TPSA) is 69.0 Å². The van der Waals surface area contributed by atoms with E-state index in [-0.39, 0.29) is 11.4 Å². The number of azide groups is 1. The zero-order valence-electron chi connectivity index (χ0n) is 5.40. The number of aromatic hydroxyl groups is 1. The molecule has 1 rings (SSSR count). The van der Waals surface area contributed by atoms with Crippen LogP contribution in [-0.2, 0) is 0 Å². The maximum absolute atomic E-state index is 9.04. The highest BCUT2D eigenvalue weighted by Gasteiger charge is 1.97. The van der Waals surface area contributed by atoms with E-state index in [9.17, 15) is 0 Å². The van der Waals surface area contributed by atoms with Crippen molar-refractivity contribution in [2.24, 2.45) is 5.11 Å². The zero-order chi connectivity index (χ0) is 8.27. The van der Waals surface area contributed by atoms with E-state index in [0.717, 1.165) is 0 Å². The van der Waals surface area contributed by atoms with Gasteiger partial charge in [-0.25, -0.2) is 0 Å². The fourth-order valence-electron chi connectivity index (χ4n) is 0.625. The maximum atomic E-state index is 9.04. The first-order valence-corrected chi connectivity index (χ1v) is 3.15. The van der Waals surface area contributed by atoms with Crippen LogP contribution in [0.1, 0.15) is 0 Å². The van der Waals surface area contributed by atoms with E-state index in [1.807, 2.05) is 0 Å². The van der Waals surface area contributed by atoms with Crippen LogP contribution >= 0.6 is 11.6 Å². The van der Waals surface area contributed by atoms with Crippen molar-refractivity contribution in [1.82, 2.24) is 0 Å². The molecule has 0 aliphatic rings. The fourth-order valence-corrected chi connectivity index (χ4v) is 0.791. The van der Waals surface area contributed by atoms with Crippen LogP contribution in [-0.4, -0.2) is 5.11 Å². The van der Waals surface area contributed by atoms with E-state index in [4.69, 9.17) is 22.2 Å². The van der Waals surface area contributed by atoms with Crippen molar-refractivity contribution in [3.63, 3.8) is 0 Å². The van der Waals surface area contributed by atoms with Crippen LogP contribution in [0, 0.1) is 0 Å². The molecule has 0 saturated heterocycles. The lowest BCUT2D eigenvalue weighted by Gasteiger charge is -1.95. The number of phenols is 1. The minimum absolute atomic E-state index is 0.0767. The van der Waals surface area contributed by atoms with Gasteiger partial charge in [0.25, 0.3) is 0 Å². The van der Waals surface area contributed by atoms with Crippen molar-refractivity contribution in [3.05, 3.63) is 33.7 Å². The Bertz CT molecular complexity index is 320. The molecule has 56 valence electrons. The van der Waals surface area contributed by atoms with Crippen LogP contribution in [0.5, 0.6) is 5.75 Å². The van der Waals surface area contributed by atoms with Gasteiger partial charge < -0.3 is 5.11 Å². The van der Waals surface area contributed by atoms with E-state index >= 15 is 0 Å². The number of benzene rings is 1. The molecule has 1 aromatic carbocycles. The highest BCUT2D eigenvalue weighted by molar-refractivity contribution is 6.30. The Kier molecular flexibility index (Phi) is 2.21. The molecule has 0 spiro atoms. The Morgan fingerprint density at radius 2 is 2.27 bits per heavy atom. The summed E-state index contributed by atoms with van der Waals surface area (Å²) in [7, 11) is 0. The normalized spacial score (nSPS) is 8.82. The van der Waals surface area contributed by atoms with Crippen LogP contribution in [0.3, 0.4) is 0 Å². The molecule has 0 saturated carbocycles. The first-order valence-electron chi connectivity index (χ1n) is 2.77. The van der Waals surface area contributed by atoms with Crippen LogP contribution in [0.4, 0.5) is 5.69 Å². The first kappa shape index (κ1) is 7.72. The second-order valence-electron chi connectivity index (χ2n) is 1.82. The molecular formula is C6H4ClN3O. The SMILES string of the molecule is [N-]=[N+]=Nc1cc(Cl)ccc1O. The molecule has 0 heterocycles. The van der Waals surface area contributed by atoms with Crippen LogP contribution in [0.2, 0.25) is 5.02 Å². The second-order valence-corrected chi connectivity index (χ2v) is 2.26. The molecule has 0 amide bonds. The summed E-state index contributed by atoms with van der Waals surface area (Å²) in [5, 5.41) is 12.7. The molecule has 5 heteroatoms. The summed E-state index contributed by atoms with van der Waals surface area (Å²) >= 11 is 5.56. The molecule has 0 unspecified atom stereocenters. The number of halogens is 1.